The Labute approximate surface area is 116 Å². The van der Waals surface area contributed by atoms with Crippen LogP contribution in [0.2, 0.25) is 0 Å². The molecule has 0 aliphatic rings. The average molecular weight is 267 g/mol. The third-order valence-corrected chi connectivity index (χ3v) is 2.88. The minimum atomic E-state index is -0.341. The van der Waals surface area contributed by atoms with E-state index in [2.05, 4.69) is 19.2 Å². The minimum absolute atomic E-state index is 0.0481. The molecule has 0 saturated heterocycles. The highest BCUT2D eigenvalue weighted by Gasteiger charge is 2.24. The van der Waals surface area contributed by atoms with Gasteiger partial charge in [-0.3, -0.25) is 0 Å². The lowest BCUT2D eigenvalue weighted by Crippen LogP contribution is -2.34. The predicted octanol–water partition coefficient (Wildman–Crippen LogP) is 2.74. The number of likely N-dealkylation sites (N-methyl/N-ethyl adjacent to an activating group) is 1. The van der Waals surface area contributed by atoms with E-state index in [9.17, 15) is 0 Å². The molecule has 1 unspecified atom stereocenters. The van der Waals surface area contributed by atoms with Crippen LogP contribution >= 0.6 is 0 Å². The first-order valence-electron chi connectivity index (χ1n) is 6.79. The van der Waals surface area contributed by atoms with Crippen LogP contribution in [-0.2, 0) is 9.47 Å². The second-order valence-electron chi connectivity index (χ2n) is 4.26. The molecule has 108 valence electrons. The summed E-state index contributed by atoms with van der Waals surface area (Å²) in [7, 11) is 3.29. The molecule has 1 rings (SSSR count). The van der Waals surface area contributed by atoms with Gasteiger partial charge >= 0.3 is 0 Å². The van der Waals surface area contributed by atoms with Gasteiger partial charge in [0.15, 0.2) is 6.29 Å². The zero-order chi connectivity index (χ0) is 14.1. The van der Waals surface area contributed by atoms with E-state index >= 15 is 0 Å². The molecule has 4 nitrogen and oxygen atoms in total. The SMILES string of the molecule is CCCOc1ccccc1C(NCC)C(OC)OC. The van der Waals surface area contributed by atoms with Crippen LogP contribution < -0.4 is 10.1 Å². The Morgan fingerprint density at radius 3 is 2.37 bits per heavy atom. The van der Waals surface area contributed by atoms with Gasteiger partial charge in [-0.15, -0.1) is 0 Å². The molecule has 1 aromatic carbocycles. The normalized spacial score (nSPS) is 12.7. The average Bonchev–Trinajstić information content (AvgIpc) is 2.46. The Kier molecular flexibility index (Phi) is 7.48. The fourth-order valence-corrected chi connectivity index (χ4v) is 2.02. The Morgan fingerprint density at radius 2 is 1.79 bits per heavy atom. The molecular weight excluding hydrogens is 242 g/mol. The van der Waals surface area contributed by atoms with Crippen LogP contribution in [0.4, 0.5) is 0 Å². The maximum Gasteiger partial charge on any atom is 0.176 e. The zero-order valence-electron chi connectivity index (χ0n) is 12.3. The van der Waals surface area contributed by atoms with Gasteiger partial charge < -0.3 is 19.5 Å². The molecule has 0 bridgehead atoms. The van der Waals surface area contributed by atoms with E-state index in [1.54, 1.807) is 14.2 Å². The van der Waals surface area contributed by atoms with Crippen LogP contribution in [0.1, 0.15) is 31.9 Å². The Morgan fingerprint density at radius 1 is 1.11 bits per heavy atom. The molecule has 0 radical (unpaired) electrons. The predicted molar refractivity (Wildman–Crippen MR) is 76.5 cm³/mol. The summed E-state index contributed by atoms with van der Waals surface area (Å²) in [6.45, 7) is 5.69. The van der Waals surface area contributed by atoms with E-state index in [1.165, 1.54) is 0 Å². The van der Waals surface area contributed by atoms with Gasteiger partial charge in [0.2, 0.25) is 0 Å². The quantitative estimate of drug-likeness (QED) is 0.698. The van der Waals surface area contributed by atoms with Crippen molar-refractivity contribution in [2.24, 2.45) is 0 Å². The molecule has 19 heavy (non-hydrogen) atoms. The second kappa shape index (κ2) is 8.91. The summed E-state index contributed by atoms with van der Waals surface area (Å²) < 4.78 is 16.6. The number of hydrogen-bond donors (Lipinski definition) is 1. The smallest absolute Gasteiger partial charge is 0.176 e. The van der Waals surface area contributed by atoms with Crippen molar-refractivity contribution in [3.8, 4) is 5.75 Å². The number of hydrogen-bond acceptors (Lipinski definition) is 4. The van der Waals surface area contributed by atoms with Gasteiger partial charge in [-0.25, -0.2) is 0 Å². The van der Waals surface area contributed by atoms with Crippen molar-refractivity contribution in [3.63, 3.8) is 0 Å². The van der Waals surface area contributed by atoms with Crippen LogP contribution in [0.3, 0.4) is 0 Å². The highest BCUT2D eigenvalue weighted by Crippen LogP contribution is 2.28. The number of methoxy groups -OCH3 is 2. The largest absolute Gasteiger partial charge is 0.493 e. The van der Waals surface area contributed by atoms with Gasteiger partial charge in [0.1, 0.15) is 5.75 Å². The van der Waals surface area contributed by atoms with E-state index in [0.717, 1.165) is 24.3 Å². The summed E-state index contributed by atoms with van der Waals surface area (Å²) in [5.74, 6) is 0.884. The molecule has 1 N–H and O–H groups in total. The number of para-hydroxylation sites is 1. The maximum atomic E-state index is 5.80. The molecule has 0 aliphatic carbocycles. The van der Waals surface area contributed by atoms with Crippen LogP contribution in [0.5, 0.6) is 5.75 Å². The lowest BCUT2D eigenvalue weighted by atomic mass is 10.0. The van der Waals surface area contributed by atoms with Crippen molar-refractivity contribution in [1.82, 2.24) is 5.32 Å². The third kappa shape index (κ3) is 4.49. The van der Waals surface area contributed by atoms with Crippen molar-refractivity contribution in [3.05, 3.63) is 29.8 Å². The number of nitrogens with one attached hydrogen (secondary N) is 1. The van der Waals surface area contributed by atoms with Gasteiger partial charge in [0.05, 0.1) is 12.6 Å². The van der Waals surface area contributed by atoms with Gasteiger partial charge in [0.25, 0.3) is 0 Å². The summed E-state index contributed by atoms with van der Waals surface area (Å²) in [5.41, 5.74) is 1.06. The molecule has 0 aliphatic heterocycles. The lowest BCUT2D eigenvalue weighted by Gasteiger charge is -2.27. The first-order chi connectivity index (χ1) is 9.28. The van der Waals surface area contributed by atoms with Crippen LogP contribution in [0.25, 0.3) is 0 Å². The number of rotatable bonds is 9. The summed E-state index contributed by atoms with van der Waals surface area (Å²) in [5, 5.41) is 3.39. The van der Waals surface area contributed by atoms with Crippen molar-refractivity contribution in [2.45, 2.75) is 32.6 Å². The minimum Gasteiger partial charge on any atom is -0.493 e. The Hall–Kier alpha value is -1.10. The van der Waals surface area contributed by atoms with Crippen LogP contribution in [-0.4, -0.2) is 33.7 Å². The molecule has 0 fully saturated rings. The van der Waals surface area contributed by atoms with Gasteiger partial charge in [-0.1, -0.05) is 32.0 Å². The molecule has 0 amide bonds. The highest BCUT2D eigenvalue weighted by atomic mass is 16.7. The van der Waals surface area contributed by atoms with Crippen molar-refractivity contribution >= 4 is 0 Å². The molecule has 0 spiro atoms. The molecule has 1 aromatic rings. The van der Waals surface area contributed by atoms with E-state index < -0.39 is 0 Å². The molecule has 0 aromatic heterocycles. The second-order valence-corrected chi connectivity index (χ2v) is 4.26. The summed E-state index contributed by atoms with van der Waals surface area (Å²) in [4.78, 5) is 0. The summed E-state index contributed by atoms with van der Waals surface area (Å²) in [6.07, 6.45) is 0.643. The monoisotopic (exact) mass is 267 g/mol. The first-order valence-corrected chi connectivity index (χ1v) is 6.79. The molecule has 4 heteroatoms. The fraction of sp³-hybridized carbons (Fsp3) is 0.600. The van der Waals surface area contributed by atoms with Gasteiger partial charge in [-0.2, -0.15) is 0 Å². The van der Waals surface area contributed by atoms with Crippen molar-refractivity contribution < 1.29 is 14.2 Å². The molecule has 0 heterocycles. The molecular formula is C15H25NO3. The topological polar surface area (TPSA) is 39.7 Å². The van der Waals surface area contributed by atoms with E-state index in [-0.39, 0.29) is 12.3 Å². The standard InChI is InChI=1S/C15H25NO3/c1-5-11-19-13-10-8-7-9-12(13)14(16-6-2)15(17-3)18-4/h7-10,14-16H,5-6,11H2,1-4H3. The number of ether oxygens (including phenoxy) is 3. The van der Waals surface area contributed by atoms with E-state index in [1.807, 2.05) is 24.3 Å². The molecule has 0 saturated carbocycles. The Balaban J connectivity index is 2.99. The number of benzene rings is 1. The van der Waals surface area contributed by atoms with Crippen molar-refractivity contribution in [2.75, 3.05) is 27.4 Å². The van der Waals surface area contributed by atoms with E-state index in [4.69, 9.17) is 14.2 Å². The summed E-state index contributed by atoms with van der Waals surface area (Å²) >= 11 is 0. The fourth-order valence-electron chi connectivity index (χ4n) is 2.02. The maximum absolute atomic E-state index is 5.80. The van der Waals surface area contributed by atoms with Crippen LogP contribution in [0.15, 0.2) is 24.3 Å². The summed E-state index contributed by atoms with van der Waals surface area (Å²) in [6, 6.07) is 7.96. The Bertz CT molecular complexity index is 353. The lowest BCUT2D eigenvalue weighted by molar-refractivity contribution is -0.124. The molecule has 1 atom stereocenters. The van der Waals surface area contributed by atoms with Crippen molar-refractivity contribution in [1.29, 1.82) is 0 Å². The zero-order valence-corrected chi connectivity index (χ0v) is 12.3. The van der Waals surface area contributed by atoms with Gasteiger partial charge in [-0.05, 0) is 19.0 Å². The van der Waals surface area contributed by atoms with E-state index in [0.29, 0.717) is 6.61 Å². The van der Waals surface area contributed by atoms with Crippen LogP contribution in [0, 0.1) is 0 Å². The first kappa shape index (κ1) is 16.0. The van der Waals surface area contributed by atoms with Gasteiger partial charge in [0, 0.05) is 19.8 Å². The third-order valence-electron chi connectivity index (χ3n) is 2.88. The highest BCUT2D eigenvalue weighted by molar-refractivity contribution is 5.36.